The van der Waals surface area contributed by atoms with Crippen LogP contribution in [-0.2, 0) is 9.53 Å². The number of fused-ring (bicyclic) bond motifs is 1. The Morgan fingerprint density at radius 1 is 1.36 bits per heavy atom. The van der Waals surface area contributed by atoms with E-state index in [1.165, 1.54) is 7.11 Å². The monoisotopic (exact) mass is 343 g/mol. The zero-order valence-corrected chi connectivity index (χ0v) is 14.4. The Morgan fingerprint density at radius 2 is 2.12 bits per heavy atom. The van der Waals surface area contributed by atoms with E-state index in [0.29, 0.717) is 30.3 Å². The molecule has 4 rings (SSSR count). The third kappa shape index (κ3) is 2.83. The van der Waals surface area contributed by atoms with Gasteiger partial charge in [0.1, 0.15) is 5.52 Å². The van der Waals surface area contributed by atoms with Gasteiger partial charge in [-0.05, 0) is 36.8 Å². The Morgan fingerprint density at radius 3 is 2.84 bits per heavy atom. The number of esters is 1. The van der Waals surface area contributed by atoms with Gasteiger partial charge in [-0.1, -0.05) is 0 Å². The van der Waals surface area contributed by atoms with Gasteiger partial charge in [-0.2, -0.15) is 0 Å². The number of anilines is 1. The fourth-order valence-electron chi connectivity index (χ4n) is 3.85. The van der Waals surface area contributed by atoms with Crippen LogP contribution >= 0.6 is 0 Å². The number of aromatic nitrogens is 1. The van der Waals surface area contributed by atoms with Crippen molar-refractivity contribution in [2.24, 2.45) is 11.3 Å². The summed E-state index contributed by atoms with van der Waals surface area (Å²) in [7, 11) is 1.43. The number of likely N-dealkylation sites (tertiary alicyclic amines) is 1. The van der Waals surface area contributed by atoms with Crippen LogP contribution in [0.5, 0.6) is 0 Å². The summed E-state index contributed by atoms with van der Waals surface area (Å²) in [5.74, 6) is 0.498. The molecule has 1 aromatic carbocycles. The van der Waals surface area contributed by atoms with E-state index < -0.39 is 0 Å². The molecule has 0 radical (unpaired) electrons. The number of carbonyl (C=O) groups is 2. The molecule has 1 spiro atoms. The minimum absolute atomic E-state index is 0.0137. The summed E-state index contributed by atoms with van der Waals surface area (Å²) >= 11 is 0. The molecule has 25 heavy (non-hydrogen) atoms. The molecule has 1 aliphatic carbocycles. The highest BCUT2D eigenvalue weighted by Crippen LogP contribution is 2.59. The highest BCUT2D eigenvalue weighted by atomic mass is 16.5. The molecule has 1 saturated heterocycles. The second-order valence-corrected chi connectivity index (χ2v) is 6.97. The van der Waals surface area contributed by atoms with Crippen molar-refractivity contribution in [3.8, 4) is 0 Å². The lowest BCUT2D eigenvalue weighted by Crippen LogP contribution is -2.42. The van der Waals surface area contributed by atoms with Crippen LogP contribution in [-0.4, -0.2) is 42.1 Å². The van der Waals surface area contributed by atoms with Gasteiger partial charge < -0.3 is 19.4 Å². The number of rotatable bonds is 2. The van der Waals surface area contributed by atoms with Gasteiger partial charge in [-0.3, -0.25) is 4.79 Å². The fourth-order valence-corrected chi connectivity index (χ4v) is 3.85. The SMILES string of the molecule is COC(=O)[C@@H]1CC12CCN(C(=O)Nc1ccc3nc(C)oc3c1)CC2. The second kappa shape index (κ2) is 5.75. The summed E-state index contributed by atoms with van der Waals surface area (Å²) in [5, 5.41) is 2.91. The van der Waals surface area contributed by atoms with Gasteiger partial charge in [0.25, 0.3) is 0 Å². The number of hydrogen-bond donors (Lipinski definition) is 1. The maximum absolute atomic E-state index is 12.5. The molecule has 7 nitrogen and oxygen atoms in total. The maximum Gasteiger partial charge on any atom is 0.321 e. The summed E-state index contributed by atoms with van der Waals surface area (Å²) in [6.07, 6.45) is 2.58. The van der Waals surface area contributed by atoms with E-state index in [9.17, 15) is 9.59 Å². The minimum Gasteiger partial charge on any atom is -0.469 e. The zero-order chi connectivity index (χ0) is 17.6. The van der Waals surface area contributed by atoms with Gasteiger partial charge in [0.15, 0.2) is 11.5 Å². The minimum atomic E-state index is -0.124. The molecule has 7 heteroatoms. The molecule has 1 saturated carbocycles. The summed E-state index contributed by atoms with van der Waals surface area (Å²) < 4.78 is 10.3. The Balaban J connectivity index is 1.37. The molecule has 0 unspecified atom stereocenters. The lowest BCUT2D eigenvalue weighted by molar-refractivity contribution is -0.143. The van der Waals surface area contributed by atoms with E-state index in [0.717, 1.165) is 24.8 Å². The first-order valence-electron chi connectivity index (χ1n) is 8.52. The summed E-state index contributed by atoms with van der Waals surface area (Å²) in [6, 6.07) is 5.31. The molecule has 2 aromatic rings. The topological polar surface area (TPSA) is 84.7 Å². The number of urea groups is 1. The maximum atomic E-state index is 12.5. The number of piperidine rings is 1. The normalized spacial score (nSPS) is 21.4. The molecule has 1 aliphatic heterocycles. The number of hydrogen-bond acceptors (Lipinski definition) is 5. The van der Waals surface area contributed by atoms with Crippen molar-refractivity contribution in [3.63, 3.8) is 0 Å². The molecular formula is C18H21N3O4. The van der Waals surface area contributed by atoms with Crippen LogP contribution in [0.15, 0.2) is 22.6 Å². The summed E-state index contributed by atoms with van der Waals surface area (Å²) in [6.45, 7) is 3.10. The quantitative estimate of drug-likeness (QED) is 0.848. The van der Waals surface area contributed by atoms with Gasteiger partial charge in [-0.15, -0.1) is 0 Å². The molecule has 1 aromatic heterocycles. The van der Waals surface area contributed by atoms with Crippen LogP contribution in [0.3, 0.4) is 0 Å². The van der Waals surface area contributed by atoms with Crippen molar-refractivity contribution in [1.82, 2.24) is 9.88 Å². The first-order chi connectivity index (χ1) is 12.0. The number of carbonyl (C=O) groups excluding carboxylic acids is 2. The summed E-state index contributed by atoms with van der Waals surface area (Å²) in [4.78, 5) is 30.2. The number of nitrogens with zero attached hydrogens (tertiary/aromatic N) is 2. The number of nitrogens with one attached hydrogen (secondary N) is 1. The van der Waals surface area contributed by atoms with Crippen LogP contribution in [0.25, 0.3) is 11.1 Å². The first-order valence-corrected chi connectivity index (χ1v) is 8.52. The lowest BCUT2D eigenvalue weighted by atomic mass is 9.91. The van der Waals surface area contributed by atoms with E-state index in [1.807, 2.05) is 12.1 Å². The molecule has 0 bridgehead atoms. The van der Waals surface area contributed by atoms with Gasteiger partial charge in [0, 0.05) is 31.8 Å². The Kier molecular flexibility index (Phi) is 3.67. The molecule has 2 heterocycles. The van der Waals surface area contributed by atoms with Crippen molar-refractivity contribution in [3.05, 3.63) is 24.1 Å². The van der Waals surface area contributed by atoms with Gasteiger partial charge in [0.05, 0.1) is 13.0 Å². The van der Waals surface area contributed by atoms with E-state index in [2.05, 4.69) is 10.3 Å². The van der Waals surface area contributed by atoms with Crippen molar-refractivity contribution in [1.29, 1.82) is 0 Å². The zero-order valence-electron chi connectivity index (χ0n) is 14.4. The largest absolute Gasteiger partial charge is 0.469 e. The Hall–Kier alpha value is -2.57. The molecule has 2 aliphatic rings. The van der Waals surface area contributed by atoms with E-state index in [-0.39, 0.29) is 23.3 Å². The first kappa shape index (κ1) is 15.9. The van der Waals surface area contributed by atoms with Crippen molar-refractivity contribution in [2.75, 3.05) is 25.5 Å². The highest BCUT2D eigenvalue weighted by Gasteiger charge is 2.59. The second-order valence-electron chi connectivity index (χ2n) is 6.97. The van der Waals surface area contributed by atoms with Crippen molar-refractivity contribution in [2.45, 2.75) is 26.2 Å². The molecule has 2 amide bonds. The van der Waals surface area contributed by atoms with E-state index in [1.54, 1.807) is 17.9 Å². The fraction of sp³-hybridized carbons (Fsp3) is 0.500. The lowest BCUT2D eigenvalue weighted by Gasteiger charge is -2.32. The molecular weight excluding hydrogens is 322 g/mol. The average Bonchev–Trinajstić information content (AvgIpc) is 3.16. The number of amides is 2. The molecule has 1 atom stereocenters. The van der Waals surface area contributed by atoms with Crippen molar-refractivity contribution < 1.29 is 18.7 Å². The van der Waals surface area contributed by atoms with E-state index >= 15 is 0 Å². The van der Waals surface area contributed by atoms with Gasteiger partial charge in [0.2, 0.25) is 0 Å². The molecule has 132 valence electrons. The van der Waals surface area contributed by atoms with E-state index in [4.69, 9.17) is 9.15 Å². The van der Waals surface area contributed by atoms with Gasteiger partial charge >= 0.3 is 12.0 Å². The van der Waals surface area contributed by atoms with Crippen LogP contribution in [0, 0.1) is 18.3 Å². The average molecular weight is 343 g/mol. The number of oxazole rings is 1. The number of methoxy groups -OCH3 is 1. The van der Waals surface area contributed by atoms with Crippen LogP contribution in [0.1, 0.15) is 25.2 Å². The van der Waals surface area contributed by atoms with Crippen LogP contribution in [0.4, 0.5) is 10.5 Å². The Bertz CT molecular complexity index is 836. The van der Waals surface area contributed by atoms with Gasteiger partial charge in [-0.25, -0.2) is 9.78 Å². The molecule has 1 N–H and O–H groups in total. The highest BCUT2D eigenvalue weighted by molar-refractivity contribution is 5.91. The van der Waals surface area contributed by atoms with Crippen LogP contribution in [0.2, 0.25) is 0 Å². The standard InChI is InChI=1S/C18H21N3O4/c1-11-19-14-4-3-12(9-15(14)25-11)20-17(23)21-7-5-18(6-8-21)10-13(18)16(22)24-2/h3-4,9,13H,5-8,10H2,1-2H3,(H,20,23)/t13-/m0/s1. The predicted octanol–water partition coefficient (Wildman–Crippen LogP) is 2.94. The number of benzene rings is 1. The third-order valence-corrected chi connectivity index (χ3v) is 5.47. The smallest absolute Gasteiger partial charge is 0.321 e. The van der Waals surface area contributed by atoms with Crippen LogP contribution < -0.4 is 5.32 Å². The predicted molar refractivity (Wildman–Crippen MR) is 91.1 cm³/mol. The van der Waals surface area contributed by atoms with Crippen molar-refractivity contribution >= 4 is 28.8 Å². The third-order valence-electron chi connectivity index (χ3n) is 5.47. The number of aryl methyl sites for hydroxylation is 1. The number of ether oxygens (including phenoxy) is 1. The Labute approximate surface area is 145 Å². The summed E-state index contributed by atoms with van der Waals surface area (Å²) in [5.41, 5.74) is 2.18. The molecule has 2 fully saturated rings.